The summed E-state index contributed by atoms with van der Waals surface area (Å²) in [7, 11) is 1.56. The molecule has 1 atom stereocenters. The number of rotatable bonds is 6. The summed E-state index contributed by atoms with van der Waals surface area (Å²) >= 11 is 0. The van der Waals surface area contributed by atoms with Gasteiger partial charge in [-0.1, -0.05) is 6.07 Å². The fraction of sp³-hybridized carbons (Fsp3) is 0.533. The van der Waals surface area contributed by atoms with E-state index in [0.717, 1.165) is 5.56 Å². The van der Waals surface area contributed by atoms with E-state index in [-0.39, 0.29) is 0 Å². The van der Waals surface area contributed by atoms with Gasteiger partial charge in [-0.2, -0.15) is 5.26 Å². The second-order valence-electron chi connectivity index (χ2n) is 5.18. The van der Waals surface area contributed by atoms with Crippen LogP contribution in [0.2, 0.25) is 0 Å². The summed E-state index contributed by atoms with van der Waals surface area (Å²) in [5.74, 6) is 1.22. The average molecular weight is 263 g/mol. The van der Waals surface area contributed by atoms with Crippen LogP contribution in [0.25, 0.3) is 0 Å². The SMILES string of the molecule is COc1cc([C@H](C)O)ccc1OCCC(C)(C)C#N. The van der Waals surface area contributed by atoms with Crippen LogP contribution in [0.15, 0.2) is 18.2 Å². The van der Waals surface area contributed by atoms with E-state index in [9.17, 15) is 5.11 Å². The molecule has 0 aliphatic rings. The van der Waals surface area contributed by atoms with Crippen molar-refractivity contribution < 1.29 is 14.6 Å². The molecule has 104 valence electrons. The largest absolute Gasteiger partial charge is 0.493 e. The number of aliphatic hydroxyl groups is 1. The van der Waals surface area contributed by atoms with E-state index in [1.54, 1.807) is 32.2 Å². The molecule has 0 spiro atoms. The summed E-state index contributed by atoms with van der Waals surface area (Å²) < 4.78 is 10.9. The Morgan fingerprint density at radius 2 is 2.05 bits per heavy atom. The van der Waals surface area contributed by atoms with E-state index in [1.165, 1.54) is 0 Å². The van der Waals surface area contributed by atoms with Crippen LogP contribution in [0.1, 0.15) is 38.9 Å². The second-order valence-corrected chi connectivity index (χ2v) is 5.18. The number of aliphatic hydroxyl groups excluding tert-OH is 1. The molecule has 1 rings (SSSR count). The van der Waals surface area contributed by atoms with Crippen molar-refractivity contribution in [1.82, 2.24) is 0 Å². The van der Waals surface area contributed by atoms with Crippen LogP contribution in [0.4, 0.5) is 0 Å². The zero-order chi connectivity index (χ0) is 14.5. The van der Waals surface area contributed by atoms with Gasteiger partial charge in [0.2, 0.25) is 0 Å². The maximum absolute atomic E-state index is 9.52. The molecule has 0 aliphatic heterocycles. The first-order valence-electron chi connectivity index (χ1n) is 6.29. The molecule has 1 aromatic rings. The highest BCUT2D eigenvalue weighted by molar-refractivity contribution is 5.43. The third kappa shape index (κ3) is 4.46. The molecule has 0 heterocycles. The van der Waals surface area contributed by atoms with Gasteiger partial charge in [-0.25, -0.2) is 0 Å². The molecule has 0 unspecified atom stereocenters. The topological polar surface area (TPSA) is 62.5 Å². The molecule has 0 bridgehead atoms. The Morgan fingerprint density at radius 1 is 1.37 bits per heavy atom. The quantitative estimate of drug-likeness (QED) is 0.856. The summed E-state index contributed by atoms with van der Waals surface area (Å²) in [6.07, 6.45) is 0.102. The molecule has 0 radical (unpaired) electrons. The van der Waals surface area contributed by atoms with Crippen molar-refractivity contribution in [3.63, 3.8) is 0 Å². The lowest BCUT2D eigenvalue weighted by Crippen LogP contribution is -2.13. The smallest absolute Gasteiger partial charge is 0.161 e. The van der Waals surface area contributed by atoms with Gasteiger partial charge in [-0.05, 0) is 44.9 Å². The van der Waals surface area contributed by atoms with Crippen LogP contribution in [-0.4, -0.2) is 18.8 Å². The normalized spacial score (nSPS) is 12.6. The molecule has 0 saturated carbocycles. The first-order chi connectivity index (χ1) is 8.89. The maximum Gasteiger partial charge on any atom is 0.161 e. The molecule has 4 nitrogen and oxygen atoms in total. The van der Waals surface area contributed by atoms with Gasteiger partial charge in [-0.3, -0.25) is 0 Å². The number of hydrogen-bond donors (Lipinski definition) is 1. The Balaban J connectivity index is 2.71. The van der Waals surface area contributed by atoms with Crippen molar-refractivity contribution >= 4 is 0 Å². The van der Waals surface area contributed by atoms with Gasteiger partial charge in [0, 0.05) is 0 Å². The zero-order valence-electron chi connectivity index (χ0n) is 11.9. The van der Waals surface area contributed by atoms with E-state index < -0.39 is 11.5 Å². The Bertz CT molecular complexity index is 461. The maximum atomic E-state index is 9.52. The summed E-state index contributed by atoms with van der Waals surface area (Å²) in [5, 5.41) is 18.4. The summed E-state index contributed by atoms with van der Waals surface area (Å²) in [5.41, 5.74) is 0.383. The number of hydrogen-bond acceptors (Lipinski definition) is 4. The number of nitriles is 1. The van der Waals surface area contributed by atoms with Crippen molar-refractivity contribution in [1.29, 1.82) is 5.26 Å². The molecular formula is C15H21NO3. The molecule has 0 aliphatic carbocycles. The zero-order valence-corrected chi connectivity index (χ0v) is 11.9. The van der Waals surface area contributed by atoms with Gasteiger partial charge in [0.05, 0.1) is 31.3 Å². The predicted octanol–water partition coefficient (Wildman–Crippen LogP) is 3.07. The minimum absolute atomic E-state index is 0.396. The molecule has 19 heavy (non-hydrogen) atoms. The second kappa shape index (κ2) is 6.44. The standard InChI is InChI=1S/C15H21NO3/c1-11(17)12-5-6-13(14(9-12)18-4)19-8-7-15(2,3)10-16/h5-6,9,11,17H,7-8H2,1-4H3/t11-/m0/s1. The van der Waals surface area contributed by atoms with Crippen molar-refractivity contribution in [2.24, 2.45) is 5.41 Å². The van der Waals surface area contributed by atoms with E-state index >= 15 is 0 Å². The van der Waals surface area contributed by atoms with Gasteiger partial charge in [0.1, 0.15) is 0 Å². The highest BCUT2D eigenvalue weighted by Gasteiger charge is 2.17. The van der Waals surface area contributed by atoms with Crippen molar-refractivity contribution in [3.8, 4) is 17.6 Å². The average Bonchev–Trinajstić information content (AvgIpc) is 2.38. The van der Waals surface area contributed by atoms with E-state index in [1.807, 2.05) is 13.8 Å². The molecule has 0 fully saturated rings. The van der Waals surface area contributed by atoms with Crippen LogP contribution in [-0.2, 0) is 0 Å². The van der Waals surface area contributed by atoms with Crippen LogP contribution in [0.3, 0.4) is 0 Å². The Labute approximate surface area is 114 Å². The van der Waals surface area contributed by atoms with Crippen molar-refractivity contribution in [2.45, 2.75) is 33.3 Å². The van der Waals surface area contributed by atoms with Gasteiger partial charge in [0.25, 0.3) is 0 Å². The molecular weight excluding hydrogens is 242 g/mol. The predicted molar refractivity (Wildman–Crippen MR) is 73.1 cm³/mol. The lowest BCUT2D eigenvalue weighted by Gasteiger charge is -2.17. The molecule has 0 saturated heterocycles. The van der Waals surface area contributed by atoms with Gasteiger partial charge in [0.15, 0.2) is 11.5 Å². The lowest BCUT2D eigenvalue weighted by molar-refractivity contribution is 0.198. The van der Waals surface area contributed by atoms with Crippen molar-refractivity contribution in [2.75, 3.05) is 13.7 Å². The van der Waals surface area contributed by atoms with E-state index in [0.29, 0.717) is 24.5 Å². The Kier molecular flexibility index (Phi) is 5.20. The van der Waals surface area contributed by atoms with Crippen LogP contribution in [0.5, 0.6) is 11.5 Å². The highest BCUT2D eigenvalue weighted by Crippen LogP contribution is 2.31. The molecule has 0 amide bonds. The van der Waals surface area contributed by atoms with Gasteiger partial charge < -0.3 is 14.6 Å². The van der Waals surface area contributed by atoms with Crippen molar-refractivity contribution in [3.05, 3.63) is 23.8 Å². The third-order valence-corrected chi connectivity index (χ3v) is 2.96. The molecule has 1 aromatic carbocycles. The number of nitrogens with zero attached hydrogens (tertiary/aromatic N) is 1. The highest BCUT2D eigenvalue weighted by atomic mass is 16.5. The Hall–Kier alpha value is -1.73. The minimum Gasteiger partial charge on any atom is -0.493 e. The minimum atomic E-state index is -0.541. The molecule has 1 N–H and O–H groups in total. The first-order valence-corrected chi connectivity index (χ1v) is 6.29. The van der Waals surface area contributed by atoms with Gasteiger partial charge >= 0.3 is 0 Å². The summed E-state index contributed by atoms with van der Waals surface area (Å²) in [6.45, 7) is 5.91. The third-order valence-electron chi connectivity index (χ3n) is 2.96. The van der Waals surface area contributed by atoms with Crippen LogP contribution in [0, 0.1) is 16.7 Å². The fourth-order valence-electron chi connectivity index (χ4n) is 1.54. The lowest BCUT2D eigenvalue weighted by atomic mass is 9.92. The molecule has 0 aromatic heterocycles. The number of methoxy groups -OCH3 is 1. The van der Waals surface area contributed by atoms with Gasteiger partial charge in [-0.15, -0.1) is 0 Å². The number of benzene rings is 1. The Morgan fingerprint density at radius 3 is 2.58 bits per heavy atom. The summed E-state index contributed by atoms with van der Waals surface area (Å²) in [6, 6.07) is 7.58. The van der Waals surface area contributed by atoms with E-state index in [2.05, 4.69) is 6.07 Å². The van der Waals surface area contributed by atoms with Crippen LogP contribution >= 0.6 is 0 Å². The first kappa shape index (κ1) is 15.3. The molecule has 4 heteroatoms. The fourth-order valence-corrected chi connectivity index (χ4v) is 1.54. The summed E-state index contributed by atoms with van der Waals surface area (Å²) in [4.78, 5) is 0. The monoisotopic (exact) mass is 263 g/mol. The number of ether oxygens (including phenoxy) is 2. The van der Waals surface area contributed by atoms with Crippen LogP contribution < -0.4 is 9.47 Å². The van der Waals surface area contributed by atoms with E-state index in [4.69, 9.17) is 14.7 Å².